The summed E-state index contributed by atoms with van der Waals surface area (Å²) in [5.74, 6) is 0. The summed E-state index contributed by atoms with van der Waals surface area (Å²) in [5.41, 5.74) is 1.57. The first-order valence-corrected chi connectivity index (χ1v) is 7.64. The van der Waals surface area contributed by atoms with Gasteiger partial charge in [-0.1, -0.05) is 65.4 Å². The van der Waals surface area contributed by atoms with Crippen LogP contribution < -0.4 is 0 Å². The second-order valence-electron chi connectivity index (χ2n) is 5.69. The summed E-state index contributed by atoms with van der Waals surface area (Å²) in [6, 6.07) is 6.34. The monoisotopic (exact) mass is 247 g/mol. The molecule has 1 heteroatoms. The lowest BCUT2D eigenvalue weighted by molar-refractivity contribution is 0.360. The van der Waals surface area contributed by atoms with Gasteiger partial charge in [0.15, 0.2) is 0 Å². The van der Waals surface area contributed by atoms with Crippen molar-refractivity contribution in [2.75, 3.05) is 0 Å². The second-order valence-corrected chi connectivity index (χ2v) is 5.69. The molecule has 1 unspecified atom stereocenters. The summed E-state index contributed by atoms with van der Waals surface area (Å²) >= 11 is 0. The maximum Gasteiger partial charge on any atom is 0.0462 e. The maximum atomic E-state index is 4.60. The lowest BCUT2D eigenvalue weighted by Gasteiger charge is -2.29. The van der Waals surface area contributed by atoms with Crippen molar-refractivity contribution in [3.05, 3.63) is 30.1 Å². The number of pyridine rings is 1. The first-order valence-electron chi connectivity index (χ1n) is 7.64. The fourth-order valence-electron chi connectivity index (χ4n) is 2.61. The minimum absolute atomic E-state index is 0.283. The van der Waals surface area contributed by atoms with Gasteiger partial charge in [0.2, 0.25) is 0 Å². The molecule has 0 saturated carbocycles. The Balaban J connectivity index is 2.63. The molecule has 1 aromatic rings. The highest BCUT2D eigenvalue weighted by atomic mass is 14.7. The van der Waals surface area contributed by atoms with Crippen LogP contribution in [-0.2, 0) is 5.41 Å². The van der Waals surface area contributed by atoms with Crippen LogP contribution >= 0.6 is 0 Å². The van der Waals surface area contributed by atoms with Crippen LogP contribution in [0, 0.1) is 0 Å². The molecule has 0 amide bonds. The van der Waals surface area contributed by atoms with Gasteiger partial charge < -0.3 is 0 Å². The van der Waals surface area contributed by atoms with Gasteiger partial charge in [0, 0.05) is 17.3 Å². The highest BCUT2D eigenvalue weighted by molar-refractivity contribution is 5.15. The molecule has 0 radical (unpaired) electrons. The molecule has 0 aromatic carbocycles. The fourth-order valence-corrected chi connectivity index (χ4v) is 2.61. The topological polar surface area (TPSA) is 12.9 Å². The third-order valence-corrected chi connectivity index (χ3v) is 3.95. The van der Waals surface area contributed by atoms with Crippen molar-refractivity contribution >= 4 is 0 Å². The summed E-state index contributed by atoms with van der Waals surface area (Å²) in [5, 5.41) is 0. The minimum atomic E-state index is 0.283. The average Bonchev–Trinajstić information content (AvgIpc) is 2.42. The largest absolute Gasteiger partial charge is 0.261 e. The first-order chi connectivity index (χ1) is 8.73. The zero-order chi connectivity index (χ0) is 13.3. The highest BCUT2D eigenvalue weighted by Gasteiger charge is 2.26. The van der Waals surface area contributed by atoms with E-state index in [1.165, 1.54) is 57.1 Å². The predicted octanol–water partition coefficient (Wildman–Crippen LogP) is 5.50. The van der Waals surface area contributed by atoms with E-state index >= 15 is 0 Å². The average molecular weight is 247 g/mol. The van der Waals surface area contributed by atoms with Crippen LogP contribution in [-0.4, -0.2) is 4.98 Å². The summed E-state index contributed by atoms with van der Waals surface area (Å²) < 4.78 is 0. The van der Waals surface area contributed by atoms with E-state index in [4.69, 9.17) is 0 Å². The van der Waals surface area contributed by atoms with E-state index in [1.54, 1.807) is 0 Å². The van der Waals surface area contributed by atoms with E-state index < -0.39 is 0 Å². The Hall–Kier alpha value is -0.850. The Morgan fingerprint density at radius 3 is 2.28 bits per heavy atom. The highest BCUT2D eigenvalue weighted by Crippen LogP contribution is 2.33. The van der Waals surface area contributed by atoms with Crippen molar-refractivity contribution in [3.8, 4) is 0 Å². The fraction of sp³-hybridized carbons (Fsp3) is 0.706. The lowest BCUT2D eigenvalue weighted by Crippen LogP contribution is -2.23. The van der Waals surface area contributed by atoms with Gasteiger partial charge in [-0.2, -0.15) is 0 Å². The van der Waals surface area contributed by atoms with Crippen LogP contribution in [0.15, 0.2) is 24.4 Å². The molecule has 0 N–H and O–H groups in total. The molecule has 0 spiro atoms. The Labute approximate surface area is 113 Å². The first kappa shape index (κ1) is 15.2. The number of rotatable bonds is 9. The molecular formula is C17H29N. The summed E-state index contributed by atoms with van der Waals surface area (Å²) in [6.07, 6.45) is 12.5. The molecule has 102 valence electrons. The van der Waals surface area contributed by atoms with E-state index in [1.807, 2.05) is 12.3 Å². The van der Waals surface area contributed by atoms with Crippen LogP contribution in [0.25, 0.3) is 0 Å². The number of unbranched alkanes of at least 4 members (excludes halogenated alkanes) is 4. The van der Waals surface area contributed by atoms with Crippen molar-refractivity contribution in [1.29, 1.82) is 0 Å². The van der Waals surface area contributed by atoms with Crippen molar-refractivity contribution in [1.82, 2.24) is 4.98 Å². The summed E-state index contributed by atoms with van der Waals surface area (Å²) in [6.45, 7) is 6.95. The van der Waals surface area contributed by atoms with E-state index in [0.29, 0.717) is 0 Å². The summed E-state index contributed by atoms with van der Waals surface area (Å²) in [7, 11) is 0. The molecule has 1 rings (SSSR count). The van der Waals surface area contributed by atoms with E-state index in [2.05, 4.69) is 37.9 Å². The van der Waals surface area contributed by atoms with Gasteiger partial charge in [-0.15, -0.1) is 0 Å². The molecule has 0 aliphatic rings. The molecule has 1 heterocycles. The third-order valence-electron chi connectivity index (χ3n) is 3.95. The van der Waals surface area contributed by atoms with Crippen LogP contribution in [0.5, 0.6) is 0 Å². The Morgan fingerprint density at radius 2 is 1.67 bits per heavy atom. The molecule has 0 aliphatic heterocycles. The van der Waals surface area contributed by atoms with Gasteiger partial charge in [-0.05, 0) is 25.0 Å². The number of nitrogens with zero attached hydrogens (tertiary/aromatic N) is 1. The molecule has 0 bridgehead atoms. The minimum Gasteiger partial charge on any atom is -0.261 e. The van der Waals surface area contributed by atoms with Gasteiger partial charge in [0.05, 0.1) is 0 Å². The van der Waals surface area contributed by atoms with Crippen LogP contribution in [0.3, 0.4) is 0 Å². The third kappa shape index (κ3) is 4.80. The van der Waals surface area contributed by atoms with Gasteiger partial charge in [-0.3, -0.25) is 4.98 Å². The van der Waals surface area contributed by atoms with Gasteiger partial charge in [0.25, 0.3) is 0 Å². The van der Waals surface area contributed by atoms with Crippen molar-refractivity contribution < 1.29 is 0 Å². The quantitative estimate of drug-likeness (QED) is 0.525. The van der Waals surface area contributed by atoms with Crippen LogP contribution in [0.2, 0.25) is 0 Å². The number of hydrogen-bond acceptors (Lipinski definition) is 1. The maximum absolute atomic E-state index is 4.60. The summed E-state index contributed by atoms with van der Waals surface area (Å²) in [4.78, 5) is 4.60. The molecule has 1 aromatic heterocycles. The molecule has 0 aliphatic carbocycles. The normalized spacial score (nSPS) is 14.4. The standard InChI is InChI=1S/C17H29N/c1-4-6-8-10-14-17(3,13-7-5-2)16-12-9-11-15-18-16/h9,11-12,15H,4-8,10,13-14H2,1-3H3. The molecule has 1 atom stereocenters. The number of aromatic nitrogens is 1. The van der Waals surface area contributed by atoms with Gasteiger partial charge in [0.1, 0.15) is 0 Å². The van der Waals surface area contributed by atoms with Gasteiger partial charge >= 0.3 is 0 Å². The number of hydrogen-bond donors (Lipinski definition) is 0. The molecule has 1 nitrogen and oxygen atoms in total. The van der Waals surface area contributed by atoms with E-state index in [9.17, 15) is 0 Å². The molecular weight excluding hydrogens is 218 g/mol. The Morgan fingerprint density at radius 1 is 0.944 bits per heavy atom. The zero-order valence-electron chi connectivity index (χ0n) is 12.4. The Kier molecular flexibility index (Phi) is 7.00. The zero-order valence-corrected chi connectivity index (χ0v) is 12.4. The molecule has 18 heavy (non-hydrogen) atoms. The van der Waals surface area contributed by atoms with Gasteiger partial charge in [-0.25, -0.2) is 0 Å². The lowest BCUT2D eigenvalue weighted by atomic mass is 9.77. The van der Waals surface area contributed by atoms with E-state index in [-0.39, 0.29) is 5.41 Å². The van der Waals surface area contributed by atoms with Crippen LogP contribution in [0.1, 0.15) is 77.8 Å². The van der Waals surface area contributed by atoms with Crippen LogP contribution in [0.4, 0.5) is 0 Å². The van der Waals surface area contributed by atoms with Crippen molar-refractivity contribution in [3.63, 3.8) is 0 Å². The predicted molar refractivity (Wildman–Crippen MR) is 79.9 cm³/mol. The Bertz CT molecular complexity index is 307. The van der Waals surface area contributed by atoms with Crippen molar-refractivity contribution in [2.24, 2.45) is 0 Å². The second kappa shape index (κ2) is 8.29. The smallest absolute Gasteiger partial charge is 0.0462 e. The van der Waals surface area contributed by atoms with E-state index in [0.717, 1.165) is 0 Å². The van der Waals surface area contributed by atoms with Crippen molar-refractivity contribution in [2.45, 2.75) is 77.6 Å². The molecule has 0 saturated heterocycles. The molecule has 0 fully saturated rings. The SMILES string of the molecule is CCCCCCC(C)(CCCC)c1ccccn1.